The number of hydrogen-bond acceptors (Lipinski definition) is 5. The van der Waals surface area contributed by atoms with Crippen molar-refractivity contribution >= 4 is 17.4 Å². The zero-order chi connectivity index (χ0) is 20.1. The van der Waals surface area contributed by atoms with Crippen molar-refractivity contribution in [2.24, 2.45) is 0 Å². The Morgan fingerprint density at radius 3 is 2.79 bits per heavy atom. The molecule has 0 amide bonds. The van der Waals surface area contributed by atoms with E-state index in [-0.39, 0.29) is 22.7 Å². The summed E-state index contributed by atoms with van der Waals surface area (Å²) in [6.07, 6.45) is 2.63. The van der Waals surface area contributed by atoms with Gasteiger partial charge in [-0.3, -0.25) is 4.40 Å². The molecular weight excluding hydrogens is 308 g/mol. The zero-order valence-corrected chi connectivity index (χ0v) is 13.1. The summed E-state index contributed by atoms with van der Waals surface area (Å²) in [5.41, 5.74) is 5.69. The summed E-state index contributed by atoms with van der Waals surface area (Å²) in [7, 11) is 0. The van der Waals surface area contributed by atoms with E-state index in [4.69, 9.17) is 9.85 Å². The fraction of sp³-hybridized carbons (Fsp3) is 0.235. The third-order valence-corrected chi connectivity index (χ3v) is 3.74. The first-order valence-corrected chi connectivity index (χ1v) is 7.14. The van der Waals surface area contributed by atoms with Crippen molar-refractivity contribution in [1.82, 2.24) is 14.4 Å². The summed E-state index contributed by atoms with van der Waals surface area (Å²) in [6.45, 7) is 0.742. The third kappa shape index (κ3) is 2.59. The lowest BCUT2D eigenvalue weighted by Gasteiger charge is -2.19. The fourth-order valence-electron chi connectivity index (χ4n) is 2.45. The summed E-state index contributed by atoms with van der Waals surface area (Å²) in [5, 5.41) is 19.5. The minimum Gasteiger partial charge on any atom is -0.476 e. The van der Waals surface area contributed by atoms with Gasteiger partial charge in [0.15, 0.2) is 17.2 Å². The Balaban J connectivity index is 2.37. The molecule has 0 fully saturated rings. The molecule has 0 radical (unpaired) electrons. The van der Waals surface area contributed by atoms with Crippen LogP contribution < -0.4 is 5.73 Å². The molecule has 0 spiro atoms. The molecule has 0 saturated heterocycles. The van der Waals surface area contributed by atoms with Gasteiger partial charge in [0.05, 0.1) is 17.5 Å². The van der Waals surface area contributed by atoms with Crippen LogP contribution in [0.3, 0.4) is 0 Å². The predicted molar refractivity (Wildman–Crippen MR) is 89.8 cm³/mol. The average Bonchev–Trinajstić information content (AvgIpc) is 2.97. The highest BCUT2D eigenvalue weighted by atomic mass is 16.4. The predicted octanol–water partition coefficient (Wildman–Crippen LogP) is 2.21. The Morgan fingerprint density at radius 1 is 1.42 bits per heavy atom. The highest BCUT2D eigenvalue weighted by Crippen LogP contribution is 2.30. The lowest BCUT2D eigenvalue weighted by Crippen LogP contribution is -2.15. The molecule has 0 unspecified atom stereocenters. The Kier molecular flexibility index (Phi) is 2.76. The van der Waals surface area contributed by atoms with Crippen LogP contribution in [0.15, 0.2) is 30.6 Å². The number of fused-ring (bicyclic) bond motifs is 1. The quantitative estimate of drug-likeness (QED) is 0.679. The monoisotopic (exact) mass is 329 g/mol. The summed E-state index contributed by atoms with van der Waals surface area (Å²) < 4.78 is 24.8. The molecule has 124 valence electrons. The highest BCUT2D eigenvalue weighted by molar-refractivity contribution is 5.87. The number of hydrogen-bond donors (Lipinski definition) is 3. The molecule has 7 nitrogen and oxygen atoms in total. The fourth-order valence-corrected chi connectivity index (χ4v) is 2.45. The summed E-state index contributed by atoms with van der Waals surface area (Å²) >= 11 is 0. The SMILES string of the molecule is [2H]C([2H])([2H])c1ccc(C(C)(C)O)cc1-c1cnc2c(N)nc(C(=O)O)cn12. The van der Waals surface area contributed by atoms with Crippen LogP contribution in [-0.2, 0) is 5.60 Å². The normalized spacial score (nSPS) is 14.2. The van der Waals surface area contributed by atoms with Crippen LogP contribution in [0, 0.1) is 6.85 Å². The number of carboxylic acid groups (broad SMARTS) is 1. The molecule has 7 heteroatoms. The number of aromatic nitrogens is 3. The van der Waals surface area contributed by atoms with Crippen molar-refractivity contribution in [3.05, 3.63) is 47.4 Å². The van der Waals surface area contributed by atoms with E-state index in [2.05, 4.69) is 9.97 Å². The van der Waals surface area contributed by atoms with Crippen molar-refractivity contribution in [3.63, 3.8) is 0 Å². The Bertz CT molecular complexity index is 1050. The maximum atomic E-state index is 11.3. The first-order chi connectivity index (χ1) is 12.4. The van der Waals surface area contributed by atoms with Crippen molar-refractivity contribution < 1.29 is 19.1 Å². The van der Waals surface area contributed by atoms with Crippen LogP contribution in [-0.4, -0.2) is 30.6 Å². The molecule has 0 aliphatic rings. The number of nitrogens with zero attached hydrogens (tertiary/aromatic N) is 3. The molecule has 0 aliphatic carbocycles. The van der Waals surface area contributed by atoms with Crippen molar-refractivity contribution in [2.75, 3.05) is 5.73 Å². The summed E-state index contributed by atoms with van der Waals surface area (Å²) in [6, 6.07) is 4.53. The van der Waals surface area contributed by atoms with Gasteiger partial charge in [-0.2, -0.15) is 0 Å². The van der Waals surface area contributed by atoms with Crippen LogP contribution in [0.1, 0.15) is 39.6 Å². The van der Waals surface area contributed by atoms with E-state index in [1.807, 2.05) is 0 Å². The molecule has 1 aromatic carbocycles. The maximum absolute atomic E-state index is 11.3. The minimum absolute atomic E-state index is 0.0459. The van der Waals surface area contributed by atoms with Crippen molar-refractivity contribution in [2.45, 2.75) is 26.3 Å². The second kappa shape index (κ2) is 5.31. The van der Waals surface area contributed by atoms with Gasteiger partial charge in [0.25, 0.3) is 0 Å². The number of carbonyl (C=O) groups is 1. The molecule has 4 N–H and O–H groups in total. The van der Waals surface area contributed by atoms with Crippen LogP contribution >= 0.6 is 0 Å². The lowest BCUT2D eigenvalue weighted by atomic mass is 9.93. The first kappa shape index (κ1) is 12.5. The smallest absolute Gasteiger partial charge is 0.356 e. The van der Waals surface area contributed by atoms with E-state index in [1.54, 1.807) is 26.0 Å². The largest absolute Gasteiger partial charge is 0.476 e. The van der Waals surface area contributed by atoms with E-state index in [0.717, 1.165) is 0 Å². The molecule has 2 aromatic heterocycles. The number of carboxylic acids is 1. The average molecular weight is 329 g/mol. The zero-order valence-electron chi connectivity index (χ0n) is 16.1. The van der Waals surface area contributed by atoms with Crippen LogP contribution in [0.25, 0.3) is 16.9 Å². The Labute approximate surface area is 142 Å². The number of benzene rings is 1. The molecule has 0 aliphatic heterocycles. The number of nitrogens with two attached hydrogens (primary N) is 1. The standard InChI is InChI=1S/C17H18N4O3/c1-9-4-5-10(17(2,3)24)6-11(9)13-7-19-15-14(18)20-12(16(22)23)8-21(13)15/h4-8,24H,1-3H3,(H2,18,20)(H,22,23)/i1D3. The molecule has 0 saturated carbocycles. The Hall–Kier alpha value is -2.93. The second-order valence-corrected chi connectivity index (χ2v) is 5.97. The number of aryl methyl sites for hydroxylation is 1. The van der Waals surface area contributed by atoms with E-state index in [1.165, 1.54) is 22.9 Å². The van der Waals surface area contributed by atoms with Gasteiger partial charge >= 0.3 is 5.97 Å². The molecule has 2 heterocycles. The van der Waals surface area contributed by atoms with Gasteiger partial charge in [-0.25, -0.2) is 14.8 Å². The number of aliphatic hydroxyl groups is 1. The molecule has 3 aromatic rings. The number of aromatic carboxylic acids is 1. The Morgan fingerprint density at radius 2 is 2.17 bits per heavy atom. The lowest BCUT2D eigenvalue weighted by molar-refractivity contribution is 0.0689. The van der Waals surface area contributed by atoms with Gasteiger partial charge < -0.3 is 15.9 Å². The topological polar surface area (TPSA) is 114 Å². The van der Waals surface area contributed by atoms with E-state index in [0.29, 0.717) is 16.8 Å². The summed E-state index contributed by atoms with van der Waals surface area (Å²) in [4.78, 5) is 19.2. The minimum atomic E-state index is -2.42. The first-order valence-electron chi connectivity index (χ1n) is 8.64. The maximum Gasteiger partial charge on any atom is 0.356 e. The molecule has 3 rings (SSSR count). The van der Waals surface area contributed by atoms with Crippen LogP contribution in [0.4, 0.5) is 5.82 Å². The number of rotatable bonds is 3. The van der Waals surface area contributed by atoms with Crippen molar-refractivity contribution in [3.8, 4) is 11.3 Å². The van der Waals surface area contributed by atoms with Crippen LogP contribution in [0.5, 0.6) is 0 Å². The van der Waals surface area contributed by atoms with Gasteiger partial charge in [-0.15, -0.1) is 0 Å². The van der Waals surface area contributed by atoms with E-state index < -0.39 is 18.4 Å². The van der Waals surface area contributed by atoms with E-state index >= 15 is 0 Å². The van der Waals surface area contributed by atoms with Crippen LogP contribution in [0.2, 0.25) is 0 Å². The van der Waals surface area contributed by atoms with Gasteiger partial charge in [-0.05, 0) is 37.9 Å². The molecule has 24 heavy (non-hydrogen) atoms. The molecule has 0 bridgehead atoms. The third-order valence-electron chi connectivity index (χ3n) is 3.74. The van der Waals surface area contributed by atoms with Gasteiger partial charge in [0, 0.05) is 15.9 Å². The molecular formula is C17H18N4O3. The molecule has 0 atom stereocenters. The van der Waals surface area contributed by atoms with Crippen molar-refractivity contribution in [1.29, 1.82) is 0 Å². The highest BCUT2D eigenvalue weighted by Gasteiger charge is 2.20. The van der Waals surface area contributed by atoms with Gasteiger partial charge in [0.2, 0.25) is 0 Å². The number of imidazole rings is 1. The number of nitrogen functional groups attached to an aromatic ring is 1. The van der Waals surface area contributed by atoms with E-state index in [9.17, 15) is 15.0 Å². The van der Waals surface area contributed by atoms with Gasteiger partial charge in [0.1, 0.15) is 0 Å². The summed E-state index contributed by atoms with van der Waals surface area (Å²) in [5.74, 6) is -1.36. The number of anilines is 1. The van der Waals surface area contributed by atoms with Gasteiger partial charge in [-0.1, -0.05) is 12.1 Å². The second-order valence-electron chi connectivity index (χ2n) is 5.97.